The summed E-state index contributed by atoms with van der Waals surface area (Å²) in [5.41, 5.74) is -0.210. The molecular formula is C19H15F3N2O3. The van der Waals surface area contributed by atoms with Gasteiger partial charge in [0.05, 0.1) is 11.3 Å². The number of nitrogens with one attached hydrogen (secondary N) is 1. The number of benzene rings is 1. The molecule has 3 rings (SSSR count). The largest absolute Gasteiger partial charge is 0.451 e. The molecule has 0 radical (unpaired) electrons. The fourth-order valence-electron chi connectivity index (χ4n) is 2.71. The van der Waals surface area contributed by atoms with Gasteiger partial charge < -0.3 is 9.72 Å². The third kappa shape index (κ3) is 3.69. The Balaban J connectivity index is 1.78. The smallest absolute Gasteiger partial charge is 0.433 e. The van der Waals surface area contributed by atoms with Crippen LogP contribution in [0, 0.1) is 6.92 Å². The van der Waals surface area contributed by atoms with E-state index in [1.165, 1.54) is 20.0 Å². The van der Waals surface area contributed by atoms with Gasteiger partial charge in [-0.2, -0.15) is 13.2 Å². The number of para-hydroxylation sites is 1. The van der Waals surface area contributed by atoms with E-state index in [2.05, 4.69) is 9.97 Å². The number of ether oxygens (including phenoxy) is 1. The van der Waals surface area contributed by atoms with E-state index in [9.17, 15) is 22.8 Å². The van der Waals surface area contributed by atoms with Crippen LogP contribution in [0.15, 0.2) is 42.6 Å². The summed E-state index contributed by atoms with van der Waals surface area (Å²) < 4.78 is 43.2. The summed E-state index contributed by atoms with van der Waals surface area (Å²) >= 11 is 0. The number of nitrogens with zero attached hydrogens (tertiary/aromatic N) is 1. The number of aromatic nitrogens is 2. The van der Waals surface area contributed by atoms with Crippen molar-refractivity contribution in [2.75, 3.05) is 0 Å². The monoisotopic (exact) mass is 376 g/mol. The van der Waals surface area contributed by atoms with Crippen LogP contribution in [0.1, 0.15) is 39.0 Å². The van der Waals surface area contributed by atoms with Gasteiger partial charge in [-0.1, -0.05) is 18.2 Å². The van der Waals surface area contributed by atoms with E-state index in [4.69, 9.17) is 4.74 Å². The van der Waals surface area contributed by atoms with Crippen molar-refractivity contribution in [2.45, 2.75) is 26.1 Å². The van der Waals surface area contributed by atoms with Crippen molar-refractivity contribution < 1.29 is 27.5 Å². The molecule has 0 saturated carbocycles. The van der Waals surface area contributed by atoms with Crippen molar-refractivity contribution in [3.63, 3.8) is 0 Å². The average molecular weight is 376 g/mol. The number of rotatable bonds is 4. The Bertz CT molecular complexity index is 1020. The molecule has 0 fully saturated rings. The highest BCUT2D eigenvalue weighted by atomic mass is 19.4. The lowest BCUT2D eigenvalue weighted by molar-refractivity contribution is -0.141. The van der Waals surface area contributed by atoms with Gasteiger partial charge >= 0.3 is 12.1 Å². The Kier molecular flexibility index (Phi) is 4.73. The first-order valence-corrected chi connectivity index (χ1v) is 8.04. The topological polar surface area (TPSA) is 72.0 Å². The Morgan fingerprint density at radius 3 is 2.48 bits per heavy atom. The maximum absolute atomic E-state index is 12.7. The lowest BCUT2D eigenvalue weighted by Crippen LogP contribution is -2.25. The van der Waals surface area contributed by atoms with Gasteiger partial charge in [-0.15, -0.1) is 0 Å². The zero-order valence-corrected chi connectivity index (χ0v) is 14.4. The maximum atomic E-state index is 12.7. The second-order valence-corrected chi connectivity index (χ2v) is 5.99. The first-order valence-electron chi connectivity index (χ1n) is 8.04. The Hall–Kier alpha value is -3.16. The molecule has 0 aliphatic carbocycles. The normalized spacial score (nSPS) is 12.8. The molecule has 2 heterocycles. The minimum absolute atomic E-state index is 0.124. The second kappa shape index (κ2) is 6.86. The predicted octanol–water partition coefficient (Wildman–Crippen LogP) is 4.32. The highest BCUT2D eigenvalue weighted by Gasteiger charge is 2.33. The highest BCUT2D eigenvalue weighted by molar-refractivity contribution is 6.10. The van der Waals surface area contributed by atoms with Gasteiger partial charge in [-0.05, 0) is 32.0 Å². The molecule has 8 heteroatoms. The van der Waals surface area contributed by atoms with Crippen molar-refractivity contribution >= 4 is 22.7 Å². The van der Waals surface area contributed by atoms with Crippen LogP contribution in [-0.2, 0) is 10.9 Å². The van der Waals surface area contributed by atoms with Crippen LogP contribution in [0.25, 0.3) is 10.9 Å². The molecule has 1 atom stereocenters. The lowest BCUT2D eigenvalue weighted by atomic mass is 10.1. The molecule has 2 aromatic heterocycles. The molecule has 1 N–H and O–H groups in total. The third-order valence-electron chi connectivity index (χ3n) is 4.10. The molecule has 27 heavy (non-hydrogen) atoms. The molecule has 0 saturated heterocycles. The lowest BCUT2D eigenvalue weighted by Gasteiger charge is -2.14. The van der Waals surface area contributed by atoms with Crippen LogP contribution in [0.2, 0.25) is 0 Å². The number of Topliss-reactive ketones (excluding diaryl/α,β-unsaturated/α-hetero) is 1. The van der Waals surface area contributed by atoms with E-state index >= 15 is 0 Å². The molecule has 0 amide bonds. The number of aryl methyl sites for hydroxylation is 1. The maximum Gasteiger partial charge on any atom is 0.433 e. The van der Waals surface area contributed by atoms with Crippen molar-refractivity contribution in [1.82, 2.24) is 9.97 Å². The SMILES string of the molecule is Cc1nc(C(F)(F)F)ccc1C(=O)O[C@@H](C)C(=O)c1c[nH]c2ccccc12. The molecule has 140 valence electrons. The molecule has 0 unspecified atom stereocenters. The number of hydrogen-bond donors (Lipinski definition) is 1. The number of fused-ring (bicyclic) bond motifs is 1. The number of esters is 1. The quantitative estimate of drug-likeness (QED) is 0.544. The number of ketones is 1. The van der Waals surface area contributed by atoms with Crippen molar-refractivity contribution in [2.24, 2.45) is 0 Å². The zero-order chi connectivity index (χ0) is 19.8. The van der Waals surface area contributed by atoms with Gasteiger partial charge in [0.15, 0.2) is 6.10 Å². The number of carbonyl (C=O) groups excluding carboxylic acids is 2. The molecule has 1 aromatic carbocycles. The third-order valence-corrected chi connectivity index (χ3v) is 4.10. The summed E-state index contributed by atoms with van der Waals surface area (Å²) in [5, 5.41) is 0.692. The molecule has 0 bridgehead atoms. The Morgan fingerprint density at radius 1 is 1.11 bits per heavy atom. The van der Waals surface area contributed by atoms with E-state index in [-0.39, 0.29) is 11.3 Å². The first-order chi connectivity index (χ1) is 12.7. The van der Waals surface area contributed by atoms with E-state index in [0.29, 0.717) is 17.0 Å². The first kappa shape index (κ1) is 18.6. The molecule has 5 nitrogen and oxygen atoms in total. The van der Waals surface area contributed by atoms with Crippen LogP contribution in [-0.4, -0.2) is 27.8 Å². The fraction of sp³-hybridized carbons (Fsp3) is 0.211. The van der Waals surface area contributed by atoms with Crippen LogP contribution < -0.4 is 0 Å². The van der Waals surface area contributed by atoms with Gasteiger partial charge in [0.25, 0.3) is 0 Å². The van der Waals surface area contributed by atoms with Crippen LogP contribution in [0.4, 0.5) is 13.2 Å². The zero-order valence-electron chi connectivity index (χ0n) is 14.4. The number of pyridine rings is 1. The van der Waals surface area contributed by atoms with E-state index in [1.54, 1.807) is 18.2 Å². The summed E-state index contributed by atoms with van der Waals surface area (Å²) in [5.74, 6) is -1.33. The number of halogens is 3. The summed E-state index contributed by atoms with van der Waals surface area (Å²) in [6.07, 6.45) is -4.19. The van der Waals surface area contributed by atoms with Crippen LogP contribution in [0.3, 0.4) is 0 Å². The van der Waals surface area contributed by atoms with Gasteiger partial charge in [0, 0.05) is 22.7 Å². The van der Waals surface area contributed by atoms with Gasteiger partial charge in [0.2, 0.25) is 5.78 Å². The Labute approximate surface area is 152 Å². The minimum atomic E-state index is -4.61. The minimum Gasteiger partial charge on any atom is -0.451 e. The summed E-state index contributed by atoms with van der Waals surface area (Å²) in [4.78, 5) is 31.2. The van der Waals surface area contributed by atoms with Crippen molar-refractivity contribution in [1.29, 1.82) is 0 Å². The molecule has 0 aliphatic rings. The molecule has 0 aliphatic heterocycles. The molecular weight excluding hydrogens is 361 g/mol. The van der Waals surface area contributed by atoms with E-state index in [0.717, 1.165) is 11.6 Å². The van der Waals surface area contributed by atoms with Gasteiger partial charge in [-0.3, -0.25) is 4.79 Å². The van der Waals surface area contributed by atoms with Gasteiger partial charge in [-0.25, -0.2) is 9.78 Å². The summed E-state index contributed by atoms with van der Waals surface area (Å²) in [7, 11) is 0. The number of H-pyrrole nitrogens is 1. The van der Waals surface area contributed by atoms with E-state index < -0.39 is 29.7 Å². The summed E-state index contributed by atoms with van der Waals surface area (Å²) in [6.45, 7) is 2.69. The summed E-state index contributed by atoms with van der Waals surface area (Å²) in [6, 6.07) is 8.86. The molecule has 3 aromatic rings. The van der Waals surface area contributed by atoms with Crippen LogP contribution >= 0.6 is 0 Å². The predicted molar refractivity (Wildman–Crippen MR) is 91.5 cm³/mol. The number of aromatic amines is 1. The van der Waals surface area contributed by atoms with Crippen LogP contribution in [0.5, 0.6) is 0 Å². The van der Waals surface area contributed by atoms with Crippen molar-refractivity contribution in [3.05, 3.63) is 65.1 Å². The number of alkyl halides is 3. The van der Waals surface area contributed by atoms with E-state index in [1.807, 2.05) is 6.07 Å². The molecule has 0 spiro atoms. The second-order valence-electron chi connectivity index (χ2n) is 5.99. The van der Waals surface area contributed by atoms with Gasteiger partial charge in [0.1, 0.15) is 5.69 Å². The van der Waals surface area contributed by atoms with Crippen molar-refractivity contribution in [3.8, 4) is 0 Å². The fourth-order valence-corrected chi connectivity index (χ4v) is 2.71. The standard InChI is InChI=1S/C19H15F3N2O3/c1-10-12(7-8-16(24-10)19(20,21)22)18(26)27-11(2)17(25)14-9-23-15-6-4-3-5-13(14)15/h3-9,11,23H,1-2H3/t11-/m0/s1. The average Bonchev–Trinajstić information content (AvgIpc) is 3.04. The highest BCUT2D eigenvalue weighted by Crippen LogP contribution is 2.28. The number of hydrogen-bond acceptors (Lipinski definition) is 4. The number of carbonyl (C=O) groups is 2. The Morgan fingerprint density at radius 2 is 1.81 bits per heavy atom.